The van der Waals surface area contributed by atoms with E-state index in [2.05, 4.69) is 15.4 Å². The highest BCUT2D eigenvalue weighted by molar-refractivity contribution is 6.34. The number of rotatable bonds is 9. The normalized spacial score (nSPS) is 17.0. The fraction of sp³-hybridized carbons (Fsp3) is 0.250. The second kappa shape index (κ2) is 14.7. The van der Waals surface area contributed by atoms with Crippen LogP contribution >= 0.6 is 0 Å². The summed E-state index contributed by atoms with van der Waals surface area (Å²) >= 11 is 0. The number of allylic oxidation sites excluding steroid dienone is 3. The molecule has 10 nitrogen and oxygen atoms in total. The Labute approximate surface area is 315 Å². The molecular formula is C44H47N2O8+. The zero-order valence-electron chi connectivity index (χ0n) is 31.7. The molecule has 4 aromatic rings. The first kappa shape index (κ1) is 37.6. The van der Waals surface area contributed by atoms with Crippen molar-refractivity contribution in [3.05, 3.63) is 118 Å². The van der Waals surface area contributed by atoms with Gasteiger partial charge in [0.25, 0.3) is 5.75 Å². The molecule has 10 heteroatoms. The minimum absolute atomic E-state index is 0.0156. The molecule has 4 aromatic carbocycles. The van der Waals surface area contributed by atoms with Gasteiger partial charge in [0.1, 0.15) is 34.8 Å². The number of para-hydroxylation sites is 4. The molecule has 2 aliphatic carbocycles. The van der Waals surface area contributed by atoms with Crippen LogP contribution in [0.25, 0.3) is 33.4 Å². The summed E-state index contributed by atoms with van der Waals surface area (Å²) in [6.07, 6.45) is 1.50. The van der Waals surface area contributed by atoms with Gasteiger partial charge in [-0.15, -0.1) is 0 Å². The number of hydrogen-bond acceptors (Lipinski definition) is 9. The van der Waals surface area contributed by atoms with Crippen molar-refractivity contribution in [3.63, 3.8) is 0 Å². The third-order valence-corrected chi connectivity index (χ3v) is 10.1. The largest absolute Gasteiger partial charge is 0.583 e. The van der Waals surface area contributed by atoms with Crippen LogP contribution in [0.3, 0.4) is 0 Å². The lowest BCUT2D eigenvalue weighted by Gasteiger charge is -2.32. The number of carbonyl (C=O) groups excluding carboxylic acids is 1. The number of phenols is 2. The highest BCUT2D eigenvalue weighted by Gasteiger charge is 2.38. The molecule has 1 unspecified atom stereocenters. The van der Waals surface area contributed by atoms with E-state index in [-0.39, 0.29) is 62.5 Å². The monoisotopic (exact) mass is 731 g/mol. The van der Waals surface area contributed by atoms with Gasteiger partial charge in [0.05, 0.1) is 18.4 Å². The summed E-state index contributed by atoms with van der Waals surface area (Å²) in [4.78, 5) is 13.9. The molecule has 1 atom stereocenters. The van der Waals surface area contributed by atoms with Crippen LogP contribution in [0.1, 0.15) is 61.1 Å². The van der Waals surface area contributed by atoms with Crippen molar-refractivity contribution in [2.24, 2.45) is 11.8 Å². The molecule has 8 N–H and O–H groups in total. The van der Waals surface area contributed by atoms with Crippen molar-refractivity contribution in [2.45, 2.75) is 47.6 Å². The molecule has 0 heterocycles. The van der Waals surface area contributed by atoms with Crippen LogP contribution in [0.15, 0.2) is 84.6 Å². The van der Waals surface area contributed by atoms with E-state index in [4.69, 9.17) is 4.74 Å². The molecule has 0 saturated heterocycles. The van der Waals surface area contributed by atoms with Gasteiger partial charge >= 0.3 is 0 Å². The van der Waals surface area contributed by atoms with Crippen molar-refractivity contribution in [1.29, 1.82) is 0 Å². The van der Waals surface area contributed by atoms with E-state index in [1.54, 1.807) is 45.4 Å². The van der Waals surface area contributed by atoms with E-state index >= 15 is 0 Å². The van der Waals surface area contributed by atoms with Crippen molar-refractivity contribution >= 4 is 39.5 Å². The summed E-state index contributed by atoms with van der Waals surface area (Å²) in [5.41, 5.74) is 5.52. The third-order valence-electron chi connectivity index (χ3n) is 10.1. The van der Waals surface area contributed by atoms with E-state index in [1.807, 2.05) is 70.2 Å². The summed E-state index contributed by atoms with van der Waals surface area (Å²) in [6, 6.07) is 18.2. The fourth-order valence-electron chi connectivity index (χ4n) is 7.62. The Morgan fingerprint density at radius 2 is 1.28 bits per heavy atom. The summed E-state index contributed by atoms with van der Waals surface area (Å²) in [7, 11) is 3.20. The van der Waals surface area contributed by atoms with Gasteiger partial charge in [-0.25, -0.2) is 0 Å². The number of hydrogen-bond donors (Lipinski definition) is 7. The topological polar surface area (TPSA) is 164 Å². The number of ether oxygens (including phenoxy) is 2. The van der Waals surface area contributed by atoms with E-state index in [0.717, 1.165) is 0 Å². The van der Waals surface area contributed by atoms with Crippen molar-refractivity contribution in [2.75, 3.05) is 24.9 Å². The summed E-state index contributed by atoms with van der Waals surface area (Å²) in [6.45, 7) is 11.1. The van der Waals surface area contributed by atoms with Gasteiger partial charge in [0.15, 0.2) is 12.9 Å². The first-order valence-corrected chi connectivity index (χ1v) is 17.8. The van der Waals surface area contributed by atoms with Crippen LogP contribution in [0.5, 0.6) is 23.0 Å². The van der Waals surface area contributed by atoms with Gasteiger partial charge in [-0.1, -0.05) is 64.1 Å². The number of carbonyl (C=O) groups is 1. The standard InChI is InChI=1S/C44H46N2O8/c1-21(2)33-25-17-23(5)35(41(49)37(25)27(39(47)43(33)51)19-45-29-13-9-11-15-31(29)53-7)36-24(6)18-26-34(22(3)4)44(52)40(48)28(38(26)42(36)50)20-46-30-14-10-12-16-32(30)54-8/h9-22,39,45-47,49-52H,1-8H3/p+1/b27-19-,28-20+. The molecule has 0 saturated carbocycles. The van der Waals surface area contributed by atoms with E-state index in [9.17, 15) is 30.3 Å². The van der Waals surface area contributed by atoms with Gasteiger partial charge in [-0.3, -0.25) is 4.79 Å². The Morgan fingerprint density at radius 3 is 1.87 bits per heavy atom. The molecule has 54 heavy (non-hydrogen) atoms. The zero-order valence-corrected chi connectivity index (χ0v) is 31.7. The molecule has 6 rings (SSSR count). The van der Waals surface area contributed by atoms with Crippen LogP contribution in [0.4, 0.5) is 11.4 Å². The molecule has 0 aliphatic heterocycles. The second-order valence-corrected chi connectivity index (χ2v) is 14.2. The van der Waals surface area contributed by atoms with Crippen LogP contribution in [0.2, 0.25) is 0 Å². The highest BCUT2D eigenvalue weighted by atomic mass is 16.5. The van der Waals surface area contributed by atoms with Crippen LogP contribution < -0.4 is 15.4 Å². The highest BCUT2D eigenvalue weighted by Crippen LogP contribution is 2.54. The lowest BCUT2D eigenvalue weighted by molar-refractivity contribution is -0.112. The number of aryl methyl sites for hydroxylation is 2. The quantitative estimate of drug-likeness (QED) is 0.0506. The minimum atomic E-state index is -1.48. The molecular weight excluding hydrogens is 684 g/mol. The Hall–Kier alpha value is -6.13. The van der Waals surface area contributed by atoms with Gasteiger partial charge in [0, 0.05) is 57.4 Å². The van der Waals surface area contributed by atoms with Crippen LogP contribution in [-0.2, 0) is 4.79 Å². The number of aromatic hydroxyl groups is 3. The Morgan fingerprint density at radius 1 is 0.741 bits per heavy atom. The Bertz CT molecular complexity index is 2310. The number of methoxy groups -OCH3 is 1. The first-order valence-electron chi connectivity index (χ1n) is 17.8. The van der Waals surface area contributed by atoms with Gasteiger partial charge in [-0.05, 0) is 66.1 Å². The third kappa shape index (κ3) is 6.22. The number of phenolic OH excluding ortho intramolecular Hbond substituents is 2. The average molecular weight is 732 g/mol. The average Bonchev–Trinajstić information content (AvgIpc) is 3.13. The van der Waals surface area contributed by atoms with Crippen LogP contribution in [-0.4, -0.2) is 56.4 Å². The maximum absolute atomic E-state index is 13.9. The second-order valence-electron chi connectivity index (χ2n) is 14.2. The minimum Gasteiger partial charge on any atom is -0.583 e. The van der Waals surface area contributed by atoms with Crippen molar-refractivity contribution in [1.82, 2.24) is 0 Å². The maximum atomic E-state index is 13.9. The summed E-state index contributed by atoms with van der Waals surface area (Å²) in [5, 5.41) is 65.4. The van der Waals surface area contributed by atoms with Crippen LogP contribution in [0, 0.1) is 25.7 Å². The zero-order chi connectivity index (χ0) is 39.2. The van der Waals surface area contributed by atoms with Crippen molar-refractivity contribution in [3.8, 4) is 34.1 Å². The summed E-state index contributed by atoms with van der Waals surface area (Å²) in [5.74, 6) is -1.10. The van der Waals surface area contributed by atoms with Crippen molar-refractivity contribution < 1.29 is 39.8 Å². The molecule has 2 aliphatic rings. The number of benzene rings is 4. The Balaban J connectivity index is 1.63. The number of Topliss-reactive ketones (excluding diaryl/α,β-unsaturated/α-hetero) is 1. The Kier molecular flexibility index (Phi) is 10.3. The predicted molar refractivity (Wildman–Crippen MR) is 215 cm³/mol. The molecule has 0 radical (unpaired) electrons. The smallest absolute Gasteiger partial charge is 0.278 e. The van der Waals surface area contributed by atoms with Gasteiger partial charge in [-0.2, -0.15) is 0 Å². The molecule has 0 bridgehead atoms. The molecule has 0 aromatic heterocycles. The molecule has 0 spiro atoms. The molecule has 0 amide bonds. The fourth-order valence-corrected chi connectivity index (χ4v) is 7.62. The van der Waals surface area contributed by atoms with Gasteiger partial charge < -0.3 is 45.6 Å². The van der Waals surface area contributed by atoms with E-state index in [1.165, 1.54) is 13.3 Å². The number of ketones is 1. The maximum Gasteiger partial charge on any atom is 0.278 e. The SMILES string of the molecule is COc1ccccc1N/C=C1/C(=O)C(O)=C(C(C)C)c2cc(C)c(-c3c(C)cc4c(c3O)/C(=C/Nc3ccccc3[OH+]C)C(O)C(O)=C4C(C)C)c(O)c21. The number of aliphatic hydroxyl groups is 4. The number of anilines is 2. The van der Waals surface area contributed by atoms with E-state index < -0.39 is 17.6 Å². The summed E-state index contributed by atoms with van der Waals surface area (Å²) < 4.78 is 9.78. The number of nitrogens with one attached hydrogen (secondary N) is 2. The lowest BCUT2D eigenvalue weighted by Crippen LogP contribution is -2.23. The van der Waals surface area contributed by atoms with Gasteiger partial charge in [0.2, 0.25) is 5.78 Å². The lowest BCUT2D eigenvalue weighted by atomic mass is 9.75. The predicted octanol–water partition coefficient (Wildman–Crippen LogP) is 8.97. The molecule has 0 fully saturated rings. The number of aliphatic hydroxyl groups excluding tert-OH is 3. The first-order chi connectivity index (χ1) is 25.7. The molecule has 280 valence electrons. The number of fused-ring (bicyclic) bond motifs is 2. The van der Waals surface area contributed by atoms with E-state index in [0.29, 0.717) is 56.3 Å².